The summed E-state index contributed by atoms with van der Waals surface area (Å²) in [4.78, 5) is 36.9. The first-order valence-corrected chi connectivity index (χ1v) is 9.29. The summed E-state index contributed by atoms with van der Waals surface area (Å²) in [5.41, 5.74) is 0.983. The molecule has 2 N–H and O–H groups in total. The Morgan fingerprint density at radius 3 is 2.44 bits per heavy atom. The topological polar surface area (TPSA) is 93.1 Å². The Hall–Kier alpha value is -3.26. The average molecular weight is 382 g/mol. The van der Waals surface area contributed by atoms with Gasteiger partial charge in [-0.2, -0.15) is 5.10 Å². The van der Waals surface area contributed by atoms with Crippen molar-refractivity contribution in [3.63, 3.8) is 0 Å². The highest BCUT2D eigenvalue weighted by atomic mass is 32.1. The first-order chi connectivity index (χ1) is 13.1. The van der Waals surface area contributed by atoms with Crippen molar-refractivity contribution in [3.8, 4) is 0 Å². The molecule has 0 spiro atoms. The lowest BCUT2D eigenvalue weighted by molar-refractivity contribution is 0.101. The fraction of sp³-hybridized carbons (Fsp3) is 0.158. The minimum absolute atomic E-state index is 0.149. The van der Waals surface area contributed by atoms with Gasteiger partial charge in [-0.25, -0.2) is 4.68 Å². The first-order valence-electron chi connectivity index (χ1n) is 8.41. The van der Waals surface area contributed by atoms with Crippen LogP contribution in [-0.2, 0) is 6.54 Å². The summed E-state index contributed by atoms with van der Waals surface area (Å²) in [5, 5.41) is 11.4. The summed E-state index contributed by atoms with van der Waals surface area (Å²) >= 11 is 1.35. The van der Waals surface area contributed by atoms with E-state index in [-0.39, 0.29) is 17.2 Å². The van der Waals surface area contributed by atoms with E-state index in [0.717, 1.165) is 6.42 Å². The number of anilines is 2. The second-order valence-corrected chi connectivity index (χ2v) is 6.69. The highest BCUT2D eigenvalue weighted by Gasteiger charge is 2.11. The molecule has 0 saturated carbocycles. The molecular weight excluding hydrogens is 364 g/mol. The number of hydrogen-bond acceptors (Lipinski definition) is 5. The molecule has 8 heteroatoms. The number of benzene rings is 1. The molecule has 3 aromatic rings. The van der Waals surface area contributed by atoms with Crippen LogP contribution in [0.25, 0.3) is 0 Å². The quantitative estimate of drug-likeness (QED) is 0.685. The van der Waals surface area contributed by atoms with E-state index in [1.807, 2.05) is 12.3 Å². The SMILES string of the molecule is CCCn1nc(C(=O)Nc2cccc(NC(=O)c3cccs3)c2)ccc1=O. The number of carbonyl (C=O) groups excluding carboxylic acids is 2. The Bertz CT molecular complexity index is 1010. The lowest BCUT2D eigenvalue weighted by Crippen LogP contribution is -2.26. The summed E-state index contributed by atoms with van der Waals surface area (Å²) < 4.78 is 1.27. The summed E-state index contributed by atoms with van der Waals surface area (Å²) in [6.07, 6.45) is 0.740. The van der Waals surface area contributed by atoms with Crippen molar-refractivity contribution in [1.82, 2.24) is 9.78 Å². The molecule has 27 heavy (non-hydrogen) atoms. The van der Waals surface area contributed by atoms with Crippen molar-refractivity contribution < 1.29 is 9.59 Å². The van der Waals surface area contributed by atoms with Gasteiger partial charge in [0, 0.05) is 24.0 Å². The summed E-state index contributed by atoms with van der Waals surface area (Å²) in [7, 11) is 0. The van der Waals surface area contributed by atoms with Crippen LogP contribution in [0.3, 0.4) is 0 Å². The van der Waals surface area contributed by atoms with Gasteiger partial charge in [-0.05, 0) is 42.1 Å². The Morgan fingerprint density at radius 1 is 1.04 bits per heavy atom. The third-order valence-electron chi connectivity index (χ3n) is 3.66. The van der Waals surface area contributed by atoms with Crippen LogP contribution >= 0.6 is 11.3 Å². The minimum Gasteiger partial charge on any atom is -0.321 e. The molecule has 138 valence electrons. The molecule has 0 radical (unpaired) electrons. The molecule has 0 aliphatic rings. The van der Waals surface area contributed by atoms with Gasteiger partial charge in [-0.1, -0.05) is 19.1 Å². The molecule has 2 heterocycles. The smallest absolute Gasteiger partial charge is 0.276 e. The van der Waals surface area contributed by atoms with Gasteiger partial charge in [-0.15, -0.1) is 11.3 Å². The molecule has 0 unspecified atom stereocenters. The van der Waals surface area contributed by atoms with Crippen molar-refractivity contribution >= 4 is 34.5 Å². The van der Waals surface area contributed by atoms with Crippen LogP contribution in [0.2, 0.25) is 0 Å². The van der Waals surface area contributed by atoms with Gasteiger partial charge in [0.2, 0.25) is 0 Å². The molecular formula is C19H18N4O3S. The molecule has 0 aliphatic heterocycles. The van der Waals surface area contributed by atoms with Crippen molar-refractivity contribution in [2.24, 2.45) is 0 Å². The number of carbonyl (C=O) groups is 2. The fourth-order valence-electron chi connectivity index (χ4n) is 2.41. The molecule has 2 amide bonds. The number of nitrogens with one attached hydrogen (secondary N) is 2. The van der Waals surface area contributed by atoms with Crippen LogP contribution in [0.4, 0.5) is 11.4 Å². The lowest BCUT2D eigenvalue weighted by atomic mass is 10.2. The molecule has 0 atom stereocenters. The third kappa shape index (κ3) is 4.68. The van der Waals surface area contributed by atoms with Crippen molar-refractivity contribution in [1.29, 1.82) is 0 Å². The Balaban J connectivity index is 1.72. The number of aromatic nitrogens is 2. The Kier molecular flexibility index (Phi) is 5.77. The van der Waals surface area contributed by atoms with Gasteiger partial charge in [-0.3, -0.25) is 14.4 Å². The zero-order valence-corrected chi connectivity index (χ0v) is 15.5. The predicted octanol–water partition coefficient (Wildman–Crippen LogP) is 3.22. The number of aryl methyl sites for hydroxylation is 1. The van der Waals surface area contributed by atoms with E-state index >= 15 is 0 Å². The summed E-state index contributed by atoms with van der Waals surface area (Å²) in [5.74, 6) is -0.636. The number of rotatable bonds is 6. The number of amides is 2. The van der Waals surface area contributed by atoms with Gasteiger partial charge < -0.3 is 10.6 Å². The second kappa shape index (κ2) is 8.41. The van der Waals surface area contributed by atoms with E-state index in [0.29, 0.717) is 22.8 Å². The number of thiophene rings is 1. The zero-order chi connectivity index (χ0) is 19.2. The van der Waals surface area contributed by atoms with Gasteiger partial charge >= 0.3 is 0 Å². The van der Waals surface area contributed by atoms with Crippen LogP contribution in [0.5, 0.6) is 0 Å². The van der Waals surface area contributed by atoms with Crippen LogP contribution in [0.15, 0.2) is 58.7 Å². The maximum absolute atomic E-state index is 12.4. The summed E-state index contributed by atoms with van der Waals surface area (Å²) in [6, 6.07) is 13.1. The van der Waals surface area contributed by atoms with Gasteiger partial charge in [0.25, 0.3) is 17.4 Å². The third-order valence-corrected chi connectivity index (χ3v) is 4.53. The molecule has 2 aromatic heterocycles. The fourth-order valence-corrected chi connectivity index (χ4v) is 3.03. The van der Waals surface area contributed by atoms with Gasteiger partial charge in [0.15, 0.2) is 0 Å². The van der Waals surface area contributed by atoms with Crippen molar-refractivity contribution in [3.05, 3.63) is 74.8 Å². The first kappa shape index (κ1) is 18.5. The van der Waals surface area contributed by atoms with Crippen molar-refractivity contribution in [2.45, 2.75) is 19.9 Å². The predicted molar refractivity (Wildman–Crippen MR) is 105 cm³/mol. The maximum atomic E-state index is 12.4. The highest BCUT2D eigenvalue weighted by Crippen LogP contribution is 2.18. The van der Waals surface area contributed by atoms with E-state index in [4.69, 9.17) is 0 Å². The van der Waals surface area contributed by atoms with Gasteiger partial charge in [0.1, 0.15) is 5.69 Å². The van der Waals surface area contributed by atoms with E-state index in [1.165, 1.54) is 28.2 Å². The van der Waals surface area contributed by atoms with Crippen LogP contribution in [0, 0.1) is 0 Å². The maximum Gasteiger partial charge on any atom is 0.276 e. The number of nitrogens with zero attached hydrogens (tertiary/aromatic N) is 2. The van der Waals surface area contributed by atoms with Crippen LogP contribution < -0.4 is 16.2 Å². The van der Waals surface area contributed by atoms with E-state index in [1.54, 1.807) is 36.4 Å². The average Bonchev–Trinajstić information content (AvgIpc) is 3.19. The Labute approximate surface area is 159 Å². The van der Waals surface area contributed by atoms with E-state index in [2.05, 4.69) is 15.7 Å². The normalized spacial score (nSPS) is 10.4. The molecule has 0 saturated heterocycles. The number of hydrogen-bond donors (Lipinski definition) is 2. The standard InChI is InChI=1S/C19H18N4O3S/c1-2-10-23-17(24)9-8-15(22-23)18(25)20-13-5-3-6-14(12-13)21-19(26)16-7-4-11-27-16/h3-9,11-12H,2,10H2,1H3,(H,20,25)(H,21,26). The van der Waals surface area contributed by atoms with Crippen LogP contribution in [0.1, 0.15) is 33.5 Å². The highest BCUT2D eigenvalue weighted by molar-refractivity contribution is 7.12. The van der Waals surface area contributed by atoms with E-state index < -0.39 is 5.91 Å². The monoisotopic (exact) mass is 382 g/mol. The second-order valence-electron chi connectivity index (χ2n) is 5.75. The molecule has 0 bridgehead atoms. The van der Waals surface area contributed by atoms with Crippen molar-refractivity contribution in [2.75, 3.05) is 10.6 Å². The molecule has 7 nitrogen and oxygen atoms in total. The summed E-state index contributed by atoms with van der Waals surface area (Å²) in [6.45, 7) is 2.38. The molecule has 0 fully saturated rings. The largest absolute Gasteiger partial charge is 0.321 e. The molecule has 1 aromatic carbocycles. The zero-order valence-electron chi connectivity index (χ0n) is 14.6. The molecule has 3 rings (SSSR count). The molecule has 0 aliphatic carbocycles. The Morgan fingerprint density at radius 2 is 1.78 bits per heavy atom. The lowest BCUT2D eigenvalue weighted by Gasteiger charge is -2.09. The van der Waals surface area contributed by atoms with E-state index in [9.17, 15) is 14.4 Å². The van der Waals surface area contributed by atoms with Crippen LogP contribution in [-0.4, -0.2) is 21.6 Å². The van der Waals surface area contributed by atoms with Gasteiger partial charge in [0.05, 0.1) is 4.88 Å². The minimum atomic E-state index is -0.429.